The maximum atomic E-state index is 13.2. The summed E-state index contributed by atoms with van der Waals surface area (Å²) >= 11 is 3.01. The van der Waals surface area contributed by atoms with Crippen LogP contribution >= 0.6 is 23.1 Å². The summed E-state index contributed by atoms with van der Waals surface area (Å²) in [4.78, 5) is 29.4. The summed E-state index contributed by atoms with van der Waals surface area (Å²) in [7, 11) is 0. The largest absolute Gasteiger partial charge is 0.452 e. The van der Waals surface area contributed by atoms with Gasteiger partial charge in [0.25, 0.3) is 5.91 Å². The molecular weight excluding hydrogens is 418 g/mol. The van der Waals surface area contributed by atoms with Gasteiger partial charge < -0.3 is 10.1 Å². The number of thioether (sulfide) groups is 1. The number of aryl methyl sites for hydroxylation is 1. The maximum absolute atomic E-state index is 13.2. The highest BCUT2D eigenvalue weighted by Crippen LogP contribution is 2.27. The topological polar surface area (TPSA) is 68.3 Å². The van der Waals surface area contributed by atoms with Crippen LogP contribution in [-0.2, 0) is 15.3 Å². The molecule has 0 spiro atoms. The van der Waals surface area contributed by atoms with E-state index in [1.807, 2.05) is 12.3 Å². The highest BCUT2D eigenvalue weighted by molar-refractivity contribution is 7.98. The van der Waals surface area contributed by atoms with Crippen LogP contribution in [0.1, 0.15) is 21.1 Å². The molecule has 3 aromatic rings. The molecule has 29 heavy (non-hydrogen) atoms. The molecule has 1 heterocycles. The van der Waals surface area contributed by atoms with E-state index in [0.29, 0.717) is 16.2 Å². The molecule has 0 bridgehead atoms. The van der Waals surface area contributed by atoms with E-state index < -0.39 is 30.1 Å². The fourth-order valence-corrected chi connectivity index (χ4v) is 4.02. The summed E-state index contributed by atoms with van der Waals surface area (Å²) in [6.45, 7) is 1.37. The molecule has 0 aliphatic carbocycles. The smallest absolute Gasteiger partial charge is 0.339 e. The molecule has 1 amide bonds. The zero-order chi connectivity index (χ0) is 20.8. The number of benzene rings is 2. The van der Waals surface area contributed by atoms with E-state index in [1.54, 1.807) is 35.6 Å². The van der Waals surface area contributed by atoms with Crippen molar-refractivity contribution >= 4 is 40.7 Å². The highest BCUT2D eigenvalue weighted by atomic mass is 32.2. The molecule has 0 fully saturated rings. The molecule has 0 atom stereocenters. The predicted octanol–water partition coefficient (Wildman–Crippen LogP) is 4.82. The van der Waals surface area contributed by atoms with Crippen LogP contribution in [0.3, 0.4) is 0 Å². The van der Waals surface area contributed by atoms with Crippen LogP contribution in [0.15, 0.2) is 52.7 Å². The van der Waals surface area contributed by atoms with Gasteiger partial charge in [-0.3, -0.25) is 4.79 Å². The first-order valence-electron chi connectivity index (χ1n) is 8.47. The van der Waals surface area contributed by atoms with E-state index in [4.69, 9.17) is 4.74 Å². The molecule has 0 saturated carbocycles. The molecule has 150 valence electrons. The number of esters is 1. The van der Waals surface area contributed by atoms with Crippen LogP contribution in [-0.4, -0.2) is 23.5 Å². The van der Waals surface area contributed by atoms with Gasteiger partial charge in [-0.25, -0.2) is 18.6 Å². The summed E-state index contributed by atoms with van der Waals surface area (Å²) < 4.78 is 31.2. The van der Waals surface area contributed by atoms with Crippen molar-refractivity contribution in [2.45, 2.75) is 17.6 Å². The number of anilines is 1. The van der Waals surface area contributed by atoms with Gasteiger partial charge in [-0.15, -0.1) is 23.1 Å². The van der Waals surface area contributed by atoms with Crippen LogP contribution in [0.4, 0.5) is 14.5 Å². The van der Waals surface area contributed by atoms with Gasteiger partial charge in [0.1, 0.15) is 0 Å². The number of thiazole rings is 1. The number of halogens is 2. The first-order valence-corrected chi connectivity index (χ1v) is 10.3. The molecular formula is C20H16F2N2O3S2. The Labute approximate surface area is 174 Å². The Kier molecular flexibility index (Phi) is 6.95. The number of carbonyl (C=O) groups excluding carboxylic acids is 2. The van der Waals surface area contributed by atoms with Crippen LogP contribution in [0.2, 0.25) is 0 Å². The molecule has 0 aliphatic heterocycles. The molecule has 1 aromatic heterocycles. The lowest BCUT2D eigenvalue weighted by Gasteiger charge is -2.09. The number of ether oxygens (including phenoxy) is 1. The maximum Gasteiger partial charge on any atom is 0.339 e. The molecule has 9 heteroatoms. The fraction of sp³-hybridized carbons (Fsp3) is 0.150. The van der Waals surface area contributed by atoms with E-state index in [9.17, 15) is 18.4 Å². The van der Waals surface area contributed by atoms with Crippen molar-refractivity contribution in [1.29, 1.82) is 0 Å². The Bertz CT molecular complexity index is 1040. The van der Waals surface area contributed by atoms with Crippen LogP contribution in [0, 0.1) is 18.6 Å². The quantitative estimate of drug-likeness (QED) is 0.427. The minimum atomic E-state index is -1.08. The lowest BCUT2D eigenvalue weighted by atomic mass is 10.2. The number of rotatable bonds is 7. The molecule has 3 rings (SSSR count). The number of aromatic nitrogens is 1. The van der Waals surface area contributed by atoms with Gasteiger partial charge in [0, 0.05) is 27.8 Å². The van der Waals surface area contributed by atoms with Gasteiger partial charge in [0.2, 0.25) is 0 Å². The van der Waals surface area contributed by atoms with Crippen molar-refractivity contribution in [3.63, 3.8) is 0 Å². The zero-order valence-electron chi connectivity index (χ0n) is 15.3. The van der Waals surface area contributed by atoms with Crippen molar-refractivity contribution in [2.24, 2.45) is 0 Å². The first kappa shape index (κ1) is 20.9. The standard InChI is InChI=1S/C20H16F2N2O3S2/c1-12-23-14(10-28-12)11-29-18-5-3-2-4-15(18)20(26)27-9-19(25)24-13-6-7-16(21)17(22)8-13/h2-8,10H,9,11H2,1H3,(H,24,25). The second-order valence-electron chi connectivity index (χ2n) is 5.90. The Hall–Kier alpha value is -2.78. The van der Waals surface area contributed by atoms with Gasteiger partial charge >= 0.3 is 5.97 Å². The zero-order valence-corrected chi connectivity index (χ0v) is 16.9. The molecule has 2 aromatic carbocycles. The summed E-state index contributed by atoms with van der Waals surface area (Å²) in [5.41, 5.74) is 1.33. The summed E-state index contributed by atoms with van der Waals surface area (Å²) in [5.74, 6) is -2.81. The Balaban J connectivity index is 1.57. The third-order valence-electron chi connectivity index (χ3n) is 3.69. The second-order valence-corrected chi connectivity index (χ2v) is 7.98. The van der Waals surface area contributed by atoms with E-state index in [0.717, 1.165) is 22.8 Å². The Morgan fingerprint density at radius 1 is 1.17 bits per heavy atom. The molecule has 0 radical (unpaired) electrons. The van der Waals surface area contributed by atoms with Gasteiger partial charge in [-0.1, -0.05) is 12.1 Å². The highest BCUT2D eigenvalue weighted by Gasteiger charge is 2.15. The number of nitrogens with one attached hydrogen (secondary N) is 1. The molecule has 0 aliphatic rings. The predicted molar refractivity (Wildman–Crippen MR) is 108 cm³/mol. The summed E-state index contributed by atoms with van der Waals surface area (Å²) in [6, 6.07) is 9.88. The average Bonchev–Trinajstić information content (AvgIpc) is 3.13. The van der Waals surface area contributed by atoms with Gasteiger partial charge in [-0.2, -0.15) is 0 Å². The van der Waals surface area contributed by atoms with Crippen molar-refractivity contribution in [2.75, 3.05) is 11.9 Å². The third kappa shape index (κ3) is 5.85. The van der Waals surface area contributed by atoms with E-state index in [2.05, 4.69) is 10.3 Å². The van der Waals surface area contributed by atoms with E-state index in [-0.39, 0.29) is 5.69 Å². The Morgan fingerprint density at radius 2 is 1.97 bits per heavy atom. The van der Waals surface area contributed by atoms with Crippen molar-refractivity contribution in [1.82, 2.24) is 4.98 Å². The molecule has 0 unspecified atom stereocenters. The average molecular weight is 434 g/mol. The van der Waals surface area contributed by atoms with Crippen LogP contribution in [0.5, 0.6) is 0 Å². The molecule has 1 N–H and O–H groups in total. The minimum absolute atomic E-state index is 0.0689. The van der Waals surface area contributed by atoms with Gasteiger partial charge in [0.05, 0.1) is 16.3 Å². The molecule has 5 nitrogen and oxygen atoms in total. The minimum Gasteiger partial charge on any atom is -0.452 e. The summed E-state index contributed by atoms with van der Waals surface area (Å²) in [6.07, 6.45) is 0. The first-order chi connectivity index (χ1) is 13.9. The van der Waals surface area contributed by atoms with Crippen molar-refractivity contribution in [3.05, 3.63) is 75.7 Å². The van der Waals surface area contributed by atoms with Gasteiger partial charge in [-0.05, 0) is 31.2 Å². The number of hydrogen-bond acceptors (Lipinski definition) is 6. The molecule has 0 saturated heterocycles. The monoisotopic (exact) mass is 434 g/mol. The SMILES string of the molecule is Cc1nc(CSc2ccccc2C(=O)OCC(=O)Nc2ccc(F)c(F)c2)cs1. The second kappa shape index (κ2) is 9.62. The Morgan fingerprint density at radius 3 is 2.69 bits per heavy atom. The van der Waals surface area contributed by atoms with E-state index >= 15 is 0 Å². The van der Waals surface area contributed by atoms with Gasteiger partial charge in [0.15, 0.2) is 18.2 Å². The lowest BCUT2D eigenvalue weighted by molar-refractivity contribution is -0.119. The summed E-state index contributed by atoms with van der Waals surface area (Å²) in [5, 5.41) is 5.28. The number of carbonyl (C=O) groups is 2. The third-order valence-corrected chi connectivity index (χ3v) is 5.62. The number of nitrogens with zero attached hydrogens (tertiary/aromatic N) is 1. The van der Waals surface area contributed by atoms with Crippen LogP contribution in [0.25, 0.3) is 0 Å². The number of hydrogen-bond donors (Lipinski definition) is 1. The normalized spacial score (nSPS) is 10.6. The van der Waals surface area contributed by atoms with Crippen molar-refractivity contribution in [3.8, 4) is 0 Å². The fourth-order valence-electron chi connectivity index (χ4n) is 2.37. The van der Waals surface area contributed by atoms with E-state index in [1.165, 1.54) is 17.8 Å². The van der Waals surface area contributed by atoms with Crippen LogP contribution < -0.4 is 5.32 Å². The number of amides is 1. The van der Waals surface area contributed by atoms with Crippen molar-refractivity contribution < 1.29 is 23.1 Å². The lowest BCUT2D eigenvalue weighted by Crippen LogP contribution is -2.21.